The van der Waals surface area contributed by atoms with E-state index >= 15 is 0 Å². The predicted octanol–water partition coefficient (Wildman–Crippen LogP) is 4.15. The van der Waals surface area contributed by atoms with Gasteiger partial charge in [0.2, 0.25) is 4.96 Å². The van der Waals surface area contributed by atoms with Crippen molar-refractivity contribution < 1.29 is 9.13 Å². The molecule has 0 saturated carbocycles. The Kier molecular flexibility index (Phi) is 5.78. The van der Waals surface area contributed by atoms with Gasteiger partial charge in [-0.1, -0.05) is 29.5 Å². The molecular formula is C27H19FN6O2S. The Morgan fingerprint density at radius 3 is 2.65 bits per heavy atom. The van der Waals surface area contributed by atoms with Gasteiger partial charge >= 0.3 is 0 Å². The van der Waals surface area contributed by atoms with E-state index in [4.69, 9.17) is 9.84 Å². The third kappa shape index (κ3) is 4.27. The third-order valence-electron chi connectivity index (χ3n) is 5.66. The first-order valence-electron chi connectivity index (χ1n) is 11.5. The number of ether oxygens (including phenoxy) is 1. The predicted molar refractivity (Wildman–Crippen MR) is 139 cm³/mol. The van der Waals surface area contributed by atoms with E-state index in [2.05, 4.69) is 15.1 Å². The second-order valence-corrected chi connectivity index (χ2v) is 9.09. The van der Waals surface area contributed by atoms with E-state index in [-0.39, 0.29) is 11.3 Å². The highest BCUT2D eigenvalue weighted by Gasteiger charge is 2.16. The molecule has 0 radical (unpaired) electrons. The van der Waals surface area contributed by atoms with Crippen molar-refractivity contribution in [2.75, 3.05) is 6.61 Å². The molecule has 0 aliphatic rings. The number of pyridine rings is 1. The molecule has 10 heteroatoms. The summed E-state index contributed by atoms with van der Waals surface area (Å²) in [6.07, 6.45) is 6.87. The van der Waals surface area contributed by atoms with Crippen LogP contribution in [0.25, 0.3) is 39.4 Å². The lowest BCUT2D eigenvalue weighted by Crippen LogP contribution is -2.23. The van der Waals surface area contributed by atoms with E-state index in [0.717, 1.165) is 11.3 Å². The van der Waals surface area contributed by atoms with Crippen LogP contribution in [0.2, 0.25) is 0 Å². The average Bonchev–Trinajstić information content (AvgIpc) is 3.62. The number of nitrogens with zero attached hydrogens (tertiary/aromatic N) is 6. The zero-order valence-electron chi connectivity index (χ0n) is 19.6. The second-order valence-electron chi connectivity index (χ2n) is 8.08. The summed E-state index contributed by atoms with van der Waals surface area (Å²) in [6.45, 7) is 2.16. The molecule has 37 heavy (non-hydrogen) atoms. The Labute approximate surface area is 213 Å². The van der Waals surface area contributed by atoms with Gasteiger partial charge in [0.1, 0.15) is 5.69 Å². The number of benzene rings is 2. The van der Waals surface area contributed by atoms with E-state index in [1.54, 1.807) is 48.3 Å². The second kappa shape index (κ2) is 9.40. The Hall–Kier alpha value is -4.70. The van der Waals surface area contributed by atoms with Crippen molar-refractivity contribution in [3.8, 4) is 34.1 Å². The van der Waals surface area contributed by atoms with Crippen LogP contribution in [-0.4, -0.2) is 36.0 Å². The number of halogens is 1. The van der Waals surface area contributed by atoms with Crippen molar-refractivity contribution in [2.24, 2.45) is 0 Å². The first-order valence-corrected chi connectivity index (χ1v) is 12.3. The zero-order valence-corrected chi connectivity index (χ0v) is 20.4. The molecule has 4 heterocycles. The first-order chi connectivity index (χ1) is 18.1. The normalized spacial score (nSPS) is 11.9. The standard InChI is InChI=1S/C27H19FN6O2S/c1-2-36-22-11-10-17(13-21(22)28)24-19(16-33(31-24)20-8-4-3-5-9-20)14-23-26(35)34-27(37-23)30-25(32-34)18-7-6-12-29-15-18/h3-16H,2H2,1H3. The van der Waals surface area contributed by atoms with Crippen LogP contribution in [0.4, 0.5) is 4.39 Å². The molecule has 0 fully saturated rings. The summed E-state index contributed by atoms with van der Waals surface area (Å²) in [6, 6.07) is 17.9. The minimum atomic E-state index is -0.481. The molecule has 0 N–H and O–H groups in total. The van der Waals surface area contributed by atoms with E-state index in [0.29, 0.717) is 38.7 Å². The maximum absolute atomic E-state index is 14.7. The Bertz CT molecular complexity index is 1830. The van der Waals surface area contributed by atoms with Gasteiger partial charge in [0.15, 0.2) is 17.4 Å². The van der Waals surface area contributed by atoms with Crippen LogP contribution in [0, 0.1) is 5.82 Å². The molecule has 182 valence electrons. The van der Waals surface area contributed by atoms with E-state index in [1.807, 2.05) is 42.6 Å². The fourth-order valence-electron chi connectivity index (χ4n) is 3.94. The lowest BCUT2D eigenvalue weighted by atomic mass is 10.1. The molecule has 8 nitrogen and oxygen atoms in total. The van der Waals surface area contributed by atoms with Gasteiger partial charge in [-0.3, -0.25) is 9.78 Å². The van der Waals surface area contributed by atoms with Gasteiger partial charge in [-0.05, 0) is 55.5 Å². The van der Waals surface area contributed by atoms with Crippen molar-refractivity contribution >= 4 is 22.4 Å². The Morgan fingerprint density at radius 2 is 1.92 bits per heavy atom. The number of para-hydroxylation sites is 1. The minimum absolute atomic E-state index is 0.177. The SMILES string of the molecule is CCOc1ccc(-c2nn(-c3ccccc3)cc2C=c2sc3nc(-c4cccnc4)nn3c2=O)cc1F. The minimum Gasteiger partial charge on any atom is -0.491 e. The lowest BCUT2D eigenvalue weighted by Gasteiger charge is -2.06. The summed E-state index contributed by atoms with van der Waals surface area (Å²) in [5, 5.41) is 9.10. The van der Waals surface area contributed by atoms with Gasteiger partial charge in [-0.2, -0.15) is 14.6 Å². The molecule has 6 aromatic rings. The average molecular weight is 511 g/mol. The van der Waals surface area contributed by atoms with Crippen molar-refractivity contribution in [1.29, 1.82) is 0 Å². The van der Waals surface area contributed by atoms with Gasteiger partial charge in [0.25, 0.3) is 5.56 Å². The highest BCUT2D eigenvalue weighted by Crippen LogP contribution is 2.28. The molecule has 4 aromatic heterocycles. The summed E-state index contributed by atoms with van der Waals surface area (Å²) >= 11 is 1.23. The number of hydrogen-bond donors (Lipinski definition) is 0. The van der Waals surface area contributed by atoms with Crippen LogP contribution in [-0.2, 0) is 0 Å². The van der Waals surface area contributed by atoms with E-state index in [1.165, 1.54) is 21.9 Å². The van der Waals surface area contributed by atoms with Gasteiger partial charge in [-0.25, -0.2) is 9.07 Å². The fourth-order valence-corrected chi connectivity index (χ4v) is 4.84. The smallest absolute Gasteiger partial charge is 0.291 e. The highest BCUT2D eigenvalue weighted by molar-refractivity contribution is 7.15. The maximum atomic E-state index is 14.7. The maximum Gasteiger partial charge on any atom is 0.291 e. The van der Waals surface area contributed by atoms with Crippen LogP contribution in [0.15, 0.2) is 84.0 Å². The summed E-state index contributed by atoms with van der Waals surface area (Å²) < 4.78 is 23.5. The summed E-state index contributed by atoms with van der Waals surface area (Å²) in [5.41, 5.74) is 3.02. The number of hydrogen-bond acceptors (Lipinski definition) is 7. The molecule has 0 amide bonds. The van der Waals surface area contributed by atoms with Crippen molar-refractivity contribution in [2.45, 2.75) is 6.92 Å². The van der Waals surface area contributed by atoms with E-state index in [9.17, 15) is 9.18 Å². The van der Waals surface area contributed by atoms with Crippen LogP contribution in [0.5, 0.6) is 5.75 Å². The number of rotatable bonds is 6. The van der Waals surface area contributed by atoms with Crippen molar-refractivity contribution in [3.05, 3.63) is 106 Å². The summed E-state index contributed by atoms with van der Waals surface area (Å²) in [4.78, 5) is 22.3. The van der Waals surface area contributed by atoms with Gasteiger partial charge in [0, 0.05) is 35.3 Å². The number of aromatic nitrogens is 6. The van der Waals surface area contributed by atoms with Crippen LogP contribution < -0.4 is 14.8 Å². The largest absolute Gasteiger partial charge is 0.491 e. The van der Waals surface area contributed by atoms with Crippen LogP contribution in [0.3, 0.4) is 0 Å². The highest BCUT2D eigenvalue weighted by atomic mass is 32.1. The lowest BCUT2D eigenvalue weighted by molar-refractivity contribution is 0.321. The van der Waals surface area contributed by atoms with Crippen LogP contribution >= 0.6 is 11.3 Å². The molecular weight excluding hydrogens is 491 g/mol. The van der Waals surface area contributed by atoms with Crippen LogP contribution in [0.1, 0.15) is 12.5 Å². The Balaban J connectivity index is 1.48. The molecule has 0 bridgehead atoms. The molecule has 0 unspecified atom stereocenters. The zero-order chi connectivity index (χ0) is 25.4. The summed E-state index contributed by atoms with van der Waals surface area (Å²) in [7, 11) is 0. The van der Waals surface area contributed by atoms with Gasteiger partial charge in [0.05, 0.1) is 16.8 Å². The van der Waals surface area contributed by atoms with Crippen molar-refractivity contribution in [1.82, 2.24) is 29.4 Å². The van der Waals surface area contributed by atoms with Crippen molar-refractivity contribution in [3.63, 3.8) is 0 Å². The third-order valence-corrected chi connectivity index (χ3v) is 6.62. The first kappa shape index (κ1) is 22.7. The molecule has 6 rings (SSSR count). The molecule has 0 aliphatic heterocycles. The molecule has 2 aromatic carbocycles. The van der Waals surface area contributed by atoms with E-state index < -0.39 is 5.82 Å². The molecule has 0 aliphatic carbocycles. The quantitative estimate of drug-likeness (QED) is 0.335. The number of fused-ring (bicyclic) bond motifs is 1. The summed E-state index contributed by atoms with van der Waals surface area (Å²) in [5.74, 6) is 0.132. The molecule has 0 atom stereocenters. The fraction of sp³-hybridized carbons (Fsp3) is 0.0741. The Morgan fingerprint density at radius 1 is 1.05 bits per heavy atom. The molecule has 0 saturated heterocycles. The van der Waals surface area contributed by atoms with Gasteiger partial charge in [-0.15, -0.1) is 5.10 Å². The number of thiazole rings is 1. The van der Waals surface area contributed by atoms with Gasteiger partial charge < -0.3 is 4.74 Å². The molecule has 0 spiro atoms. The monoisotopic (exact) mass is 510 g/mol. The topological polar surface area (TPSA) is 87.2 Å².